The van der Waals surface area contributed by atoms with Gasteiger partial charge in [0, 0.05) is 76.4 Å². The van der Waals surface area contributed by atoms with Gasteiger partial charge in [0.15, 0.2) is 0 Å². The van der Waals surface area contributed by atoms with Crippen molar-refractivity contribution in [2.75, 3.05) is 69.2 Å². The zero-order valence-corrected chi connectivity index (χ0v) is 19.3. The number of amides is 1. The van der Waals surface area contributed by atoms with Crippen molar-refractivity contribution in [2.24, 2.45) is 0 Å². The van der Waals surface area contributed by atoms with Gasteiger partial charge >= 0.3 is 0 Å². The van der Waals surface area contributed by atoms with E-state index in [1.165, 1.54) is 0 Å². The Morgan fingerprint density at radius 2 is 1.52 bits per heavy atom. The van der Waals surface area contributed by atoms with Crippen LogP contribution >= 0.6 is 0 Å². The second kappa shape index (κ2) is 9.19. The number of anilines is 2. The van der Waals surface area contributed by atoms with Gasteiger partial charge in [-0.1, -0.05) is 6.07 Å². The monoisotopic (exact) mass is 446 g/mol. The Kier molecular flexibility index (Phi) is 5.95. The minimum Gasteiger partial charge on any atom is -0.354 e. The van der Waals surface area contributed by atoms with Crippen molar-refractivity contribution in [2.45, 2.75) is 6.92 Å². The number of carbonyl (C=O) groups is 1. The van der Waals surface area contributed by atoms with Gasteiger partial charge in [-0.2, -0.15) is 5.10 Å². The molecular formula is C24H30N8O. The number of hydrogen-bond acceptors (Lipinski definition) is 7. The number of piperazine rings is 2. The number of nitrogens with zero attached hydrogens (tertiary/aromatic N) is 8. The Morgan fingerprint density at radius 3 is 2.15 bits per heavy atom. The lowest BCUT2D eigenvalue weighted by molar-refractivity contribution is 0.0746. The fraction of sp³-hybridized carbons (Fsp3) is 0.417. The quantitative estimate of drug-likeness (QED) is 0.604. The molecule has 1 aromatic carbocycles. The molecule has 9 nitrogen and oxygen atoms in total. The number of benzene rings is 1. The second-order valence-electron chi connectivity index (χ2n) is 8.70. The topological polar surface area (TPSA) is 73.6 Å². The fourth-order valence-corrected chi connectivity index (χ4v) is 4.42. The predicted octanol–water partition coefficient (Wildman–Crippen LogP) is 1.68. The van der Waals surface area contributed by atoms with E-state index in [0.717, 1.165) is 62.4 Å². The Hall–Kier alpha value is -3.46. The maximum absolute atomic E-state index is 13.1. The first kappa shape index (κ1) is 21.4. The summed E-state index contributed by atoms with van der Waals surface area (Å²) in [4.78, 5) is 31.4. The SMILES string of the molecule is Cc1nc(N2CCN(C)CC2)cc(N2CCN(C(=O)c3cccc(-n4cccn4)c3)CC2)n1. The molecule has 9 heteroatoms. The molecule has 0 spiro atoms. The van der Waals surface area contributed by atoms with Gasteiger partial charge < -0.3 is 19.6 Å². The summed E-state index contributed by atoms with van der Waals surface area (Å²) in [5, 5.41) is 4.26. The van der Waals surface area contributed by atoms with Crippen molar-refractivity contribution in [1.29, 1.82) is 0 Å². The van der Waals surface area contributed by atoms with Gasteiger partial charge in [0.25, 0.3) is 5.91 Å². The number of hydrogen-bond donors (Lipinski definition) is 0. The van der Waals surface area contributed by atoms with Crippen molar-refractivity contribution >= 4 is 17.5 Å². The van der Waals surface area contributed by atoms with E-state index in [4.69, 9.17) is 4.98 Å². The van der Waals surface area contributed by atoms with E-state index < -0.39 is 0 Å². The highest BCUT2D eigenvalue weighted by Gasteiger charge is 2.24. The lowest BCUT2D eigenvalue weighted by Crippen LogP contribution is -2.49. The van der Waals surface area contributed by atoms with Gasteiger partial charge in [-0.3, -0.25) is 4.79 Å². The van der Waals surface area contributed by atoms with Gasteiger partial charge in [-0.15, -0.1) is 0 Å². The summed E-state index contributed by atoms with van der Waals surface area (Å²) in [5.74, 6) is 2.79. The summed E-state index contributed by atoms with van der Waals surface area (Å²) in [5.41, 5.74) is 1.57. The Labute approximate surface area is 194 Å². The first-order valence-corrected chi connectivity index (χ1v) is 11.5. The van der Waals surface area contributed by atoms with Crippen LogP contribution in [0, 0.1) is 6.92 Å². The summed E-state index contributed by atoms with van der Waals surface area (Å²) < 4.78 is 1.77. The van der Waals surface area contributed by atoms with Crippen LogP contribution in [0.3, 0.4) is 0 Å². The van der Waals surface area contributed by atoms with Crippen molar-refractivity contribution in [3.05, 3.63) is 60.2 Å². The van der Waals surface area contributed by atoms with Crippen LogP contribution in [-0.2, 0) is 0 Å². The Bertz CT molecular complexity index is 1100. The zero-order valence-electron chi connectivity index (χ0n) is 19.3. The summed E-state index contributed by atoms with van der Waals surface area (Å²) >= 11 is 0. The van der Waals surface area contributed by atoms with Crippen LogP contribution in [0.1, 0.15) is 16.2 Å². The molecular weight excluding hydrogens is 416 g/mol. The number of aryl methyl sites for hydroxylation is 1. The zero-order chi connectivity index (χ0) is 22.8. The van der Waals surface area contributed by atoms with Gasteiger partial charge in [0.2, 0.25) is 0 Å². The van der Waals surface area contributed by atoms with Crippen LogP contribution in [0.25, 0.3) is 5.69 Å². The third-order valence-electron chi connectivity index (χ3n) is 6.39. The maximum Gasteiger partial charge on any atom is 0.254 e. The van der Waals surface area contributed by atoms with Crippen molar-refractivity contribution < 1.29 is 4.79 Å². The largest absolute Gasteiger partial charge is 0.354 e. The van der Waals surface area contributed by atoms with Crippen LogP contribution in [0.5, 0.6) is 0 Å². The van der Waals surface area contributed by atoms with Crippen molar-refractivity contribution in [3.63, 3.8) is 0 Å². The van der Waals surface area contributed by atoms with Gasteiger partial charge in [-0.05, 0) is 38.2 Å². The first-order valence-electron chi connectivity index (χ1n) is 11.5. The van der Waals surface area contributed by atoms with Crippen molar-refractivity contribution in [1.82, 2.24) is 29.5 Å². The van der Waals surface area contributed by atoms with E-state index >= 15 is 0 Å². The standard InChI is InChI=1S/C24H30N8O/c1-19-26-22(29-11-9-28(2)10-12-29)18-23(27-19)30-13-15-31(16-14-30)24(33)20-5-3-6-21(17-20)32-8-4-7-25-32/h3-8,17-18H,9-16H2,1-2H3. The summed E-state index contributed by atoms with van der Waals surface area (Å²) in [7, 11) is 2.16. The molecule has 5 rings (SSSR count). The van der Waals surface area contributed by atoms with E-state index in [9.17, 15) is 4.79 Å². The molecule has 2 saturated heterocycles. The molecule has 2 fully saturated rings. The minimum atomic E-state index is 0.0562. The number of likely N-dealkylation sites (N-methyl/N-ethyl adjacent to an activating group) is 1. The third kappa shape index (κ3) is 4.68. The third-order valence-corrected chi connectivity index (χ3v) is 6.39. The molecule has 2 aromatic heterocycles. The molecule has 0 aliphatic carbocycles. The molecule has 1 amide bonds. The normalized spacial score (nSPS) is 17.5. The summed E-state index contributed by atoms with van der Waals surface area (Å²) in [6.45, 7) is 8.83. The minimum absolute atomic E-state index is 0.0562. The molecule has 0 bridgehead atoms. The van der Waals surface area contributed by atoms with E-state index in [-0.39, 0.29) is 5.91 Å². The second-order valence-corrected chi connectivity index (χ2v) is 8.70. The van der Waals surface area contributed by atoms with Crippen LogP contribution in [0.2, 0.25) is 0 Å². The highest BCUT2D eigenvalue weighted by Crippen LogP contribution is 2.22. The molecule has 0 N–H and O–H groups in total. The molecule has 4 heterocycles. The summed E-state index contributed by atoms with van der Waals surface area (Å²) in [6, 6.07) is 11.6. The number of carbonyl (C=O) groups excluding carboxylic acids is 1. The van der Waals surface area contributed by atoms with Crippen LogP contribution in [0.4, 0.5) is 11.6 Å². The lowest BCUT2D eigenvalue weighted by atomic mass is 10.1. The van der Waals surface area contributed by atoms with Gasteiger partial charge in [0.1, 0.15) is 17.5 Å². The molecule has 0 atom stereocenters. The highest BCUT2D eigenvalue weighted by molar-refractivity contribution is 5.95. The van der Waals surface area contributed by atoms with Gasteiger partial charge in [0.05, 0.1) is 5.69 Å². The highest BCUT2D eigenvalue weighted by atomic mass is 16.2. The lowest BCUT2D eigenvalue weighted by Gasteiger charge is -2.37. The molecule has 3 aromatic rings. The van der Waals surface area contributed by atoms with E-state index in [1.807, 2.05) is 48.4 Å². The van der Waals surface area contributed by atoms with Crippen LogP contribution in [0.15, 0.2) is 48.8 Å². The van der Waals surface area contributed by atoms with E-state index in [0.29, 0.717) is 18.7 Å². The molecule has 2 aliphatic rings. The Morgan fingerprint density at radius 1 is 0.848 bits per heavy atom. The van der Waals surface area contributed by atoms with Crippen LogP contribution in [-0.4, -0.2) is 94.9 Å². The van der Waals surface area contributed by atoms with E-state index in [2.05, 4.69) is 37.9 Å². The molecule has 2 aliphatic heterocycles. The fourth-order valence-electron chi connectivity index (χ4n) is 4.42. The summed E-state index contributed by atoms with van der Waals surface area (Å²) in [6.07, 6.45) is 3.61. The maximum atomic E-state index is 13.1. The number of aromatic nitrogens is 4. The predicted molar refractivity (Wildman–Crippen MR) is 128 cm³/mol. The smallest absolute Gasteiger partial charge is 0.254 e. The number of rotatable bonds is 4. The molecule has 0 unspecified atom stereocenters. The first-order chi connectivity index (χ1) is 16.1. The molecule has 0 saturated carbocycles. The van der Waals surface area contributed by atoms with Crippen molar-refractivity contribution in [3.8, 4) is 5.69 Å². The molecule has 33 heavy (non-hydrogen) atoms. The molecule has 172 valence electrons. The van der Waals surface area contributed by atoms with E-state index in [1.54, 1.807) is 10.9 Å². The molecule has 0 radical (unpaired) electrons. The van der Waals surface area contributed by atoms with Gasteiger partial charge in [-0.25, -0.2) is 14.6 Å². The average molecular weight is 447 g/mol. The Balaban J connectivity index is 1.25. The van der Waals surface area contributed by atoms with Crippen LogP contribution < -0.4 is 9.80 Å². The average Bonchev–Trinajstić information content (AvgIpc) is 3.39.